The van der Waals surface area contributed by atoms with Gasteiger partial charge in [0, 0.05) is 22.6 Å². The van der Waals surface area contributed by atoms with Gasteiger partial charge >= 0.3 is 0 Å². The van der Waals surface area contributed by atoms with E-state index in [1.165, 1.54) is 0 Å². The lowest BCUT2D eigenvalue weighted by molar-refractivity contribution is 0.0655. The van der Waals surface area contributed by atoms with Gasteiger partial charge in [-0.1, -0.05) is 15.9 Å². The number of nitrogens with zero attached hydrogens (tertiary/aromatic N) is 1. The van der Waals surface area contributed by atoms with Crippen molar-refractivity contribution in [2.45, 2.75) is 33.2 Å². The highest BCUT2D eigenvalue weighted by molar-refractivity contribution is 9.10. The maximum atomic E-state index is 12.2. The summed E-state index contributed by atoms with van der Waals surface area (Å²) in [6.07, 6.45) is 0. The molecule has 1 aromatic rings. The molecule has 88 valence electrons. The zero-order valence-electron chi connectivity index (χ0n) is 10.5. The van der Waals surface area contributed by atoms with Crippen LogP contribution in [-0.2, 0) is 0 Å². The lowest BCUT2D eigenvalue weighted by Crippen LogP contribution is -2.42. The highest BCUT2D eigenvalue weighted by atomic mass is 79.9. The van der Waals surface area contributed by atoms with E-state index in [2.05, 4.69) is 15.9 Å². The fourth-order valence-electron chi connectivity index (χ4n) is 1.36. The standard InChI is InChI=1S/C13H18BrNO/c1-9-6-10(8-11(14)7-9)12(16)15(5)13(2,3)4/h6-8H,1-5H3. The third-order valence-electron chi connectivity index (χ3n) is 2.60. The zero-order valence-corrected chi connectivity index (χ0v) is 12.1. The van der Waals surface area contributed by atoms with Crippen molar-refractivity contribution in [1.29, 1.82) is 0 Å². The van der Waals surface area contributed by atoms with Gasteiger partial charge in [0.15, 0.2) is 0 Å². The van der Waals surface area contributed by atoms with E-state index in [1.807, 2.05) is 52.9 Å². The topological polar surface area (TPSA) is 20.3 Å². The van der Waals surface area contributed by atoms with Crippen molar-refractivity contribution in [3.05, 3.63) is 33.8 Å². The van der Waals surface area contributed by atoms with Crippen LogP contribution < -0.4 is 0 Å². The second-order valence-corrected chi connectivity index (χ2v) is 5.97. The Hall–Kier alpha value is -0.830. The summed E-state index contributed by atoms with van der Waals surface area (Å²) in [5.74, 6) is 0.0527. The number of benzene rings is 1. The van der Waals surface area contributed by atoms with Gasteiger partial charge in [-0.3, -0.25) is 4.79 Å². The number of rotatable bonds is 1. The quantitative estimate of drug-likeness (QED) is 0.771. The summed E-state index contributed by atoms with van der Waals surface area (Å²) >= 11 is 3.41. The molecule has 2 nitrogen and oxygen atoms in total. The molecule has 0 radical (unpaired) electrons. The van der Waals surface area contributed by atoms with E-state index in [4.69, 9.17) is 0 Å². The fraction of sp³-hybridized carbons (Fsp3) is 0.462. The normalized spacial score (nSPS) is 11.4. The molecule has 0 saturated heterocycles. The maximum Gasteiger partial charge on any atom is 0.254 e. The van der Waals surface area contributed by atoms with Gasteiger partial charge in [0.05, 0.1) is 0 Å². The van der Waals surface area contributed by atoms with Crippen LogP contribution in [-0.4, -0.2) is 23.4 Å². The SMILES string of the molecule is Cc1cc(Br)cc(C(=O)N(C)C(C)(C)C)c1. The van der Waals surface area contributed by atoms with E-state index >= 15 is 0 Å². The molecule has 0 bridgehead atoms. The van der Waals surface area contributed by atoms with Crippen LogP contribution in [0.25, 0.3) is 0 Å². The Kier molecular flexibility index (Phi) is 3.79. The van der Waals surface area contributed by atoms with Crippen molar-refractivity contribution in [3.8, 4) is 0 Å². The molecule has 3 heteroatoms. The van der Waals surface area contributed by atoms with Gasteiger partial charge in [-0.2, -0.15) is 0 Å². The number of halogens is 1. The molecule has 16 heavy (non-hydrogen) atoms. The number of hydrogen-bond acceptors (Lipinski definition) is 1. The lowest BCUT2D eigenvalue weighted by atomic mass is 10.0. The Morgan fingerprint density at radius 2 is 1.81 bits per heavy atom. The Balaban J connectivity index is 3.06. The number of carbonyl (C=O) groups excluding carboxylic acids is 1. The summed E-state index contributed by atoms with van der Waals surface area (Å²) in [4.78, 5) is 14.0. The molecule has 0 heterocycles. The molecular formula is C13H18BrNO. The molecular weight excluding hydrogens is 266 g/mol. The second-order valence-electron chi connectivity index (χ2n) is 5.05. The first-order valence-electron chi connectivity index (χ1n) is 5.27. The minimum atomic E-state index is -0.159. The van der Waals surface area contributed by atoms with E-state index < -0.39 is 0 Å². The van der Waals surface area contributed by atoms with Crippen molar-refractivity contribution in [3.63, 3.8) is 0 Å². The van der Waals surface area contributed by atoms with Crippen LogP contribution in [0, 0.1) is 6.92 Å². The fourth-order valence-corrected chi connectivity index (χ4v) is 1.97. The summed E-state index contributed by atoms with van der Waals surface area (Å²) in [5.41, 5.74) is 1.65. The van der Waals surface area contributed by atoms with Crippen LogP contribution in [0.4, 0.5) is 0 Å². The monoisotopic (exact) mass is 283 g/mol. The van der Waals surface area contributed by atoms with Crippen molar-refractivity contribution >= 4 is 21.8 Å². The van der Waals surface area contributed by atoms with Gasteiger partial charge in [-0.15, -0.1) is 0 Å². The first-order valence-corrected chi connectivity index (χ1v) is 6.06. The smallest absolute Gasteiger partial charge is 0.254 e. The summed E-state index contributed by atoms with van der Waals surface area (Å²) < 4.78 is 0.943. The van der Waals surface area contributed by atoms with Crippen molar-refractivity contribution < 1.29 is 4.79 Å². The van der Waals surface area contributed by atoms with Gasteiger partial charge < -0.3 is 4.90 Å². The number of carbonyl (C=O) groups is 1. The molecule has 1 amide bonds. The lowest BCUT2D eigenvalue weighted by Gasteiger charge is -2.32. The van der Waals surface area contributed by atoms with Gasteiger partial charge in [0.2, 0.25) is 0 Å². The van der Waals surface area contributed by atoms with Gasteiger partial charge in [-0.05, 0) is 51.5 Å². The predicted octanol–water partition coefficient (Wildman–Crippen LogP) is 3.63. The second kappa shape index (κ2) is 4.58. The van der Waals surface area contributed by atoms with Gasteiger partial charge in [0.25, 0.3) is 5.91 Å². The van der Waals surface area contributed by atoms with E-state index in [1.54, 1.807) is 4.90 Å². The molecule has 0 N–H and O–H groups in total. The Bertz CT molecular complexity index is 387. The molecule has 0 aromatic heterocycles. The number of hydrogen-bond donors (Lipinski definition) is 0. The molecule has 1 aromatic carbocycles. The summed E-state index contributed by atoms with van der Waals surface area (Å²) in [6.45, 7) is 8.06. The average molecular weight is 284 g/mol. The molecule has 0 unspecified atom stereocenters. The van der Waals surface area contributed by atoms with Crippen LogP contribution in [0.3, 0.4) is 0 Å². The van der Waals surface area contributed by atoms with Crippen LogP contribution in [0.15, 0.2) is 22.7 Å². The van der Waals surface area contributed by atoms with Crippen molar-refractivity contribution in [1.82, 2.24) is 4.90 Å². The maximum absolute atomic E-state index is 12.2. The summed E-state index contributed by atoms with van der Waals surface area (Å²) in [5, 5.41) is 0. The molecule has 0 saturated carbocycles. The summed E-state index contributed by atoms with van der Waals surface area (Å²) in [6, 6.07) is 5.76. The van der Waals surface area contributed by atoms with Crippen LogP contribution in [0.1, 0.15) is 36.7 Å². The highest BCUT2D eigenvalue weighted by Crippen LogP contribution is 2.19. The number of amides is 1. The molecule has 0 aliphatic heterocycles. The van der Waals surface area contributed by atoms with Crippen LogP contribution in [0.2, 0.25) is 0 Å². The van der Waals surface area contributed by atoms with Gasteiger partial charge in [-0.25, -0.2) is 0 Å². The third kappa shape index (κ3) is 3.08. The largest absolute Gasteiger partial charge is 0.337 e. The molecule has 0 spiro atoms. The van der Waals surface area contributed by atoms with E-state index in [0.29, 0.717) is 0 Å². The van der Waals surface area contributed by atoms with E-state index in [-0.39, 0.29) is 11.4 Å². The Morgan fingerprint density at radius 3 is 2.25 bits per heavy atom. The average Bonchev–Trinajstić information content (AvgIpc) is 2.12. The van der Waals surface area contributed by atoms with Crippen LogP contribution in [0.5, 0.6) is 0 Å². The molecule has 0 atom stereocenters. The molecule has 0 aliphatic rings. The van der Waals surface area contributed by atoms with Crippen LogP contribution >= 0.6 is 15.9 Å². The van der Waals surface area contributed by atoms with Crippen molar-refractivity contribution in [2.24, 2.45) is 0 Å². The molecule has 1 rings (SSSR count). The Morgan fingerprint density at radius 1 is 1.25 bits per heavy atom. The minimum Gasteiger partial charge on any atom is -0.337 e. The molecule has 0 aliphatic carbocycles. The minimum absolute atomic E-state index is 0.0527. The summed E-state index contributed by atoms with van der Waals surface area (Å²) in [7, 11) is 1.83. The van der Waals surface area contributed by atoms with E-state index in [9.17, 15) is 4.79 Å². The predicted molar refractivity (Wildman–Crippen MR) is 70.7 cm³/mol. The van der Waals surface area contributed by atoms with Crippen molar-refractivity contribution in [2.75, 3.05) is 7.05 Å². The van der Waals surface area contributed by atoms with Gasteiger partial charge in [0.1, 0.15) is 0 Å². The first kappa shape index (κ1) is 13.2. The molecule has 0 fully saturated rings. The first-order chi connectivity index (χ1) is 7.21. The highest BCUT2D eigenvalue weighted by Gasteiger charge is 2.23. The third-order valence-corrected chi connectivity index (χ3v) is 3.06. The number of aryl methyl sites for hydroxylation is 1. The Labute approximate surface area is 106 Å². The van der Waals surface area contributed by atoms with E-state index in [0.717, 1.165) is 15.6 Å². The zero-order chi connectivity index (χ0) is 12.5.